The molecular formula is C20H23NO3. The SMILES string of the molecule is C[C@@H](OC[C@H]1CCCO1)C(=O)Nc1ccc2c3c(cccc13)CC2. The summed E-state index contributed by atoms with van der Waals surface area (Å²) in [5.41, 5.74) is 3.62. The molecular weight excluding hydrogens is 302 g/mol. The van der Waals surface area contributed by atoms with Gasteiger partial charge in [0.15, 0.2) is 0 Å². The molecule has 1 fully saturated rings. The van der Waals surface area contributed by atoms with Crippen LogP contribution in [0.25, 0.3) is 10.8 Å². The molecule has 2 aromatic carbocycles. The molecule has 1 heterocycles. The predicted molar refractivity (Wildman–Crippen MR) is 94.4 cm³/mol. The molecule has 0 bridgehead atoms. The first-order chi connectivity index (χ1) is 11.7. The Bertz CT molecular complexity index is 755. The number of carbonyl (C=O) groups is 1. The van der Waals surface area contributed by atoms with Gasteiger partial charge in [0, 0.05) is 17.7 Å². The molecule has 1 N–H and O–H groups in total. The van der Waals surface area contributed by atoms with E-state index < -0.39 is 6.10 Å². The van der Waals surface area contributed by atoms with Crippen molar-refractivity contribution in [3.05, 3.63) is 41.5 Å². The average Bonchev–Trinajstić information content (AvgIpc) is 3.26. The van der Waals surface area contributed by atoms with Crippen LogP contribution in [0, 0.1) is 0 Å². The highest BCUT2D eigenvalue weighted by molar-refractivity contribution is 6.05. The summed E-state index contributed by atoms with van der Waals surface area (Å²) in [5, 5.41) is 5.47. The quantitative estimate of drug-likeness (QED) is 0.916. The molecule has 1 aliphatic carbocycles. The zero-order valence-corrected chi connectivity index (χ0v) is 14.0. The van der Waals surface area contributed by atoms with Crippen molar-refractivity contribution in [1.29, 1.82) is 0 Å². The normalized spacial score (nSPS) is 20.5. The van der Waals surface area contributed by atoms with Gasteiger partial charge in [0.05, 0.1) is 12.7 Å². The van der Waals surface area contributed by atoms with Crippen LogP contribution in [0.4, 0.5) is 5.69 Å². The summed E-state index contributed by atoms with van der Waals surface area (Å²) in [6, 6.07) is 10.5. The van der Waals surface area contributed by atoms with Gasteiger partial charge in [-0.25, -0.2) is 0 Å². The Hall–Kier alpha value is -1.91. The van der Waals surface area contributed by atoms with E-state index in [4.69, 9.17) is 9.47 Å². The van der Waals surface area contributed by atoms with Crippen molar-refractivity contribution in [1.82, 2.24) is 0 Å². The maximum atomic E-state index is 12.5. The number of benzene rings is 2. The molecule has 1 aliphatic heterocycles. The van der Waals surface area contributed by atoms with Gasteiger partial charge in [0.1, 0.15) is 6.10 Å². The van der Waals surface area contributed by atoms with Crippen LogP contribution in [0.2, 0.25) is 0 Å². The van der Waals surface area contributed by atoms with E-state index in [1.165, 1.54) is 16.5 Å². The van der Waals surface area contributed by atoms with E-state index in [1.807, 2.05) is 6.07 Å². The summed E-state index contributed by atoms with van der Waals surface area (Å²) in [6.45, 7) is 3.08. The van der Waals surface area contributed by atoms with Gasteiger partial charge < -0.3 is 14.8 Å². The maximum Gasteiger partial charge on any atom is 0.253 e. The molecule has 0 unspecified atom stereocenters. The van der Waals surface area contributed by atoms with Crippen molar-refractivity contribution in [3.63, 3.8) is 0 Å². The van der Waals surface area contributed by atoms with Crippen molar-refractivity contribution in [3.8, 4) is 0 Å². The number of hydrogen-bond acceptors (Lipinski definition) is 3. The summed E-state index contributed by atoms with van der Waals surface area (Å²) in [5.74, 6) is -0.105. The van der Waals surface area contributed by atoms with Crippen molar-refractivity contribution < 1.29 is 14.3 Å². The lowest BCUT2D eigenvalue weighted by atomic mass is 10.0. The molecule has 1 amide bonds. The minimum atomic E-state index is -0.489. The molecule has 0 saturated carbocycles. The predicted octanol–water partition coefficient (Wildman–Crippen LogP) is 3.46. The molecule has 4 heteroatoms. The summed E-state index contributed by atoms with van der Waals surface area (Å²) < 4.78 is 11.2. The first kappa shape index (κ1) is 15.6. The zero-order chi connectivity index (χ0) is 16.5. The van der Waals surface area contributed by atoms with Gasteiger partial charge in [-0.2, -0.15) is 0 Å². The first-order valence-corrected chi connectivity index (χ1v) is 8.80. The van der Waals surface area contributed by atoms with Gasteiger partial charge in [-0.3, -0.25) is 4.79 Å². The minimum absolute atomic E-state index is 0.105. The molecule has 0 aromatic heterocycles. The second-order valence-corrected chi connectivity index (χ2v) is 6.71. The summed E-state index contributed by atoms with van der Waals surface area (Å²) in [7, 11) is 0. The van der Waals surface area contributed by atoms with Crippen molar-refractivity contribution in [2.24, 2.45) is 0 Å². The molecule has 1 saturated heterocycles. The average molecular weight is 325 g/mol. The monoisotopic (exact) mass is 325 g/mol. The van der Waals surface area contributed by atoms with E-state index in [1.54, 1.807) is 6.92 Å². The smallest absolute Gasteiger partial charge is 0.253 e. The van der Waals surface area contributed by atoms with Gasteiger partial charge in [-0.05, 0) is 55.2 Å². The van der Waals surface area contributed by atoms with Gasteiger partial charge >= 0.3 is 0 Å². The topological polar surface area (TPSA) is 47.6 Å². The molecule has 4 rings (SSSR count). The molecule has 2 aromatic rings. The van der Waals surface area contributed by atoms with Crippen molar-refractivity contribution in [2.75, 3.05) is 18.5 Å². The number of nitrogens with one attached hydrogen (secondary N) is 1. The van der Waals surface area contributed by atoms with Gasteiger partial charge in [0.25, 0.3) is 5.91 Å². The Morgan fingerprint density at radius 2 is 2.12 bits per heavy atom. The first-order valence-electron chi connectivity index (χ1n) is 8.80. The number of aryl methyl sites for hydroxylation is 2. The third kappa shape index (κ3) is 2.92. The van der Waals surface area contributed by atoms with Crippen LogP contribution in [0.3, 0.4) is 0 Å². The molecule has 2 aliphatic rings. The number of hydrogen-bond donors (Lipinski definition) is 1. The van der Waals surface area contributed by atoms with Gasteiger partial charge in [-0.15, -0.1) is 0 Å². The van der Waals surface area contributed by atoms with Gasteiger partial charge in [0.2, 0.25) is 0 Å². The van der Waals surface area contributed by atoms with E-state index in [0.717, 1.165) is 43.4 Å². The molecule has 2 atom stereocenters. The van der Waals surface area contributed by atoms with Crippen LogP contribution in [-0.4, -0.2) is 31.3 Å². The van der Waals surface area contributed by atoms with Crippen LogP contribution >= 0.6 is 0 Å². The Labute approximate surface area is 142 Å². The number of carbonyl (C=O) groups excluding carboxylic acids is 1. The lowest BCUT2D eigenvalue weighted by Crippen LogP contribution is -2.30. The van der Waals surface area contributed by atoms with E-state index in [-0.39, 0.29) is 12.0 Å². The van der Waals surface area contributed by atoms with Crippen molar-refractivity contribution in [2.45, 2.75) is 44.8 Å². The fraction of sp³-hybridized carbons (Fsp3) is 0.450. The van der Waals surface area contributed by atoms with Crippen LogP contribution in [0.15, 0.2) is 30.3 Å². The Morgan fingerprint density at radius 1 is 1.29 bits per heavy atom. The van der Waals surface area contributed by atoms with Crippen LogP contribution in [0.5, 0.6) is 0 Å². The fourth-order valence-corrected chi connectivity index (χ4v) is 3.69. The second-order valence-electron chi connectivity index (χ2n) is 6.71. The third-order valence-electron chi connectivity index (χ3n) is 5.06. The standard InChI is InChI=1S/C20H23NO3/c1-13(24-12-16-5-3-11-23-16)20(22)21-18-10-9-15-8-7-14-4-2-6-17(18)19(14)15/h2,4,6,9-10,13,16H,3,5,7-8,11-12H2,1H3,(H,21,22)/t13-,16-/m1/s1. The highest BCUT2D eigenvalue weighted by atomic mass is 16.5. The van der Waals surface area contributed by atoms with E-state index in [9.17, 15) is 4.79 Å². The lowest BCUT2D eigenvalue weighted by molar-refractivity contribution is -0.128. The molecule has 0 spiro atoms. The van der Waals surface area contributed by atoms with Crippen LogP contribution in [-0.2, 0) is 27.1 Å². The summed E-state index contributed by atoms with van der Waals surface area (Å²) >= 11 is 0. The number of ether oxygens (including phenoxy) is 2. The van der Waals surface area contributed by atoms with Crippen molar-refractivity contribution >= 4 is 22.4 Å². The Kier molecular flexibility index (Phi) is 4.25. The highest BCUT2D eigenvalue weighted by Gasteiger charge is 2.21. The zero-order valence-electron chi connectivity index (χ0n) is 14.0. The lowest BCUT2D eigenvalue weighted by Gasteiger charge is -2.17. The van der Waals surface area contributed by atoms with E-state index in [2.05, 4.69) is 29.6 Å². The minimum Gasteiger partial charge on any atom is -0.376 e. The Morgan fingerprint density at radius 3 is 2.92 bits per heavy atom. The molecule has 126 valence electrons. The summed E-state index contributed by atoms with van der Waals surface area (Å²) in [6.07, 6.45) is 3.92. The van der Waals surface area contributed by atoms with Crippen LogP contribution in [0.1, 0.15) is 30.9 Å². The number of amides is 1. The molecule has 24 heavy (non-hydrogen) atoms. The molecule has 0 radical (unpaired) electrons. The number of anilines is 1. The largest absolute Gasteiger partial charge is 0.376 e. The van der Waals surface area contributed by atoms with E-state index >= 15 is 0 Å². The van der Waals surface area contributed by atoms with E-state index in [0.29, 0.717) is 6.61 Å². The third-order valence-corrected chi connectivity index (χ3v) is 5.06. The van der Waals surface area contributed by atoms with Gasteiger partial charge in [-0.1, -0.05) is 24.3 Å². The number of rotatable bonds is 5. The van der Waals surface area contributed by atoms with Crippen LogP contribution < -0.4 is 5.32 Å². The fourth-order valence-electron chi connectivity index (χ4n) is 3.69. The Balaban J connectivity index is 1.47. The highest BCUT2D eigenvalue weighted by Crippen LogP contribution is 2.35. The maximum absolute atomic E-state index is 12.5. The molecule has 4 nitrogen and oxygen atoms in total. The summed E-state index contributed by atoms with van der Waals surface area (Å²) in [4.78, 5) is 12.5. The second kappa shape index (κ2) is 6.54.